The van der Waals surface area contributed by atoms with Crippen LogP contribution in [0.2, 0.25) is 0 Å². The maximum Gasteiger partial charge on any atom is 0.253 e. The lowest BCUT2D eigenvalue weighted by Crippen LogP contribution is -2.41. The highest BCUT2D eigenvalue weighted by atomic mass is 19.1. The van der Waals surface area contributed by atoms with Crippen molar-refractivity contribution >= 4 is 5.91 Å². The van der Waals surface area contributed by atoms with Crippen LogP contribution in [0.1, 0.15) is 41.6 Å². The highest BCUT2D eigenvalue weighted by Crippen LogP contribution is 2.23. The van der Waals surface area contributed by atoms with Crippen LogP contribution in [0, 0.1) is 11.6 Å². The smallest absolute Gasteiger partial charge is 0.253 e. The molecule has 2 aromatic rings. The third kappa shape index (κ3) is 4.83. The van der Waals surface area contributed by atoms with E-state index in [0.29, 0.717) is 11.3 Å². The highest BCUT2D eigenvalue weighted by Gasteiger charge is 2.26. The molecule has 0 bridgehead atoms. The second-order valence-corrected chi connectivity index (χ2v) is 7.03. The van der Waals surface area contributed by atoms with Crippen LogP contribution in [0.25, 0.3) is 0 Å². The van der Waals surface area contributed by atoms with Crippen molar-refractivity contribution in [3.8, 4) is 5.75 Å². The molecule has 6 heteroatoms. The van der Waals surface area contributed by atoms with E-state index in [-0.39, 0.29) is 36.0 Å². The van der Waals surface area contributed by atoms with Crippen LogP contribution >= 0.6 is 0 Å². The van der Waals surface area contributed by atoms with Crippen molar-refractivity contribution < 1.29 is 18.3 Å². The number of hydrogen-bond acceptors (Lipinski definition) is 3. The number of carbonyl (C=O) groups is 1. The Morgan fingerprint density at radius 3 is 2.44 bits per heavy atom. The van der Waals surface area contributed by atoms with Gasteiger partial charge in [0.1, 0.15) is 24.0 Å². The molecule has 1 fully saturated rings. The van der Waals surface area contributed by atoms with Crippen LogP contribution in [0.15, 0.2) is 42.5 Å². The summed E-state index contributed by atoms with van der Waals surface area (Å²) in [6.07, 6.45) is 3.57. The molecule has 144 valence electrons. The molecule has 0 heterocycles. The summed E-state index contributed by atoms with van der Waals surface area (Å²) in [4.78, 5) is 14.5. The summed E-state index contributed by atoms with van der Waals surface area (Å²) >= 11 is 0. The highest BCUT2D eigenvalue weighted by molar-refractivity contribution is 5.94. The van der Waals surface area contributed by atoms with Crippen LogP contribution in [0.3, 0.4) is 0 Å². The fourth-order valence-corrected chi connectivity index (χ4v) is 3.37. The second kappa shape index (κ2) is 8.48. The third-order valence-corrected chi connectivity index (χ3v) is 5.11. The standard InChI is InChI=1S/C21H24F2N2O2/c1-25(18-7-5-17(24)6-8-18)21(26)14-2-11-20(23)15(12-14)13-27-19-9-3-16(22)4-10-19/h2-4,9-12,17-18H,5-8,13,24H2,1H3. The van der Waals surface area contributed by atoms with Crippen molar-refractivity contribution in [2.24, 2.45) is 5.73 Å². The number of rotatable bonds is 5. The quantitative estimate of drug-likeness (QED) is 0.864. The molecule has 0 radical (unpaired) electrons. The van der Waals surface area contributed by atoms with Crippen molar-refractivity contribution in [3.63, 3.8) is 0 Å². The lowest BCUT2D eigenvalue weighted by atomic mass is 9.90. The average Bonchev–Trinajstić information content (AvgIpc) is 2.68. The largest absolute Gasteiger partial charge is 0.489 e. The Bertz CT molecular complexity index is 787. The first-order valence-electron chi connectivity index (χ1n) is 9.13. The van der Waals surface area contributed by atoms with Gasteiger partial charge in [0.15, 0.2) is 0 Å². The number of nitrogens with zero attached hydrogens (tertiary/aromatic N) is 1. The molecule has 27 heavy (non-hydrogen) atoms. The van der Waals surface area contributed by atoms with Crippen LogP contribution in [-0.4, -0.2) is 29.9 Å². The predicted molar refractivity (Wildman–Crippen MR) is 99.5 cm³/mol. The van der Waals surface area contributed by atoms with E-state index in [2.05, 4.69) is 0 Å². The van der Waals surface area contributed by atoms with Gasteiger partial charge in [0.2, 0.25) is 0 Å². The van der Waals surface area contributed by atoms with Gasteiger partial charge in [-0.2, -0.15) is 0 Å². The van der Waals surface area contributed by atoms with Gasteiger partial charge < -0.3 is 15.4 Å². The van der Waals surface area contributed by atoms with Gasteiger partial charge in [0.05, 0.1) is 0 Å². The average molecular weight is 374 g/mol. The molecule has 3 rings (SSSR count). The second-order valence-electron chi connectivity index (χ2n) is 7.03. The molecule has 0 aromatic heterocycles. The number of nitrogens with two attached hydrogens (primary N) is 1. The first-order valence-corrected chi connectivity index (χ1v) is 9.13. The van der Waals surface area contributed by atoms with Crippen molar-refractivity contribution in [1.82, 2.24) is 4.90 Å². The van der Waals surface area contributed by atoms with E-state index in [1.165, 1.54) is 42.5 Å². The molecule has 0 saturated heterocycles. The minimum Gasteiger partial charge on any atom is -0.489 e. The Morgan fingerprint density at radius 1 is 1.11 bits per heavy atom. The number of ether oxygens (including phenoxy) is 1. The number of amides is 1. The van der Waals surface area contributed by atoms with Crippen molar-refractivity contribution in [2.45, 2.75) is 44.4 Å². The molecule has 2 N–H and O–H groups in total. The molecular formula is C21H24F2N2O2. The van der Waals surface area contributed by atoms with Gasteiger partial charge in [-0.3, -0.25) is 4.79 Å². The SMILES string of the molecule is CN(C(=O)c1ccc(F)c(COc2ccc(F)cc2)c1)C1CCC(N)CC1. The van der Waals surface area contributed by atoms with Gasteiger partial charge in [0.25, 0.3) is 5.91 Å². The van der Waals surface area contributed by atoms with Gasteiger partial charge >= 0.3 is 0 Å². The Balaban J connectivity index is 1.68. The summed E-state index contributed by atoms with van der Waals surface area (Å²) in [6, 6.07) is 10.2. The van der Waals surface area contributed by atoms with Gasteiger partial charge in [-0.05, 0) is 68.1 Å². The number of hydrogen-bond donors (Lipinski definition) is 1. The zero-order valence-electron chi connectivity index (χ0n) is 15.3. The van der Waals surface area contributed by atoms with E-state index < -0.39 is 5.82 Å². The maximum absolute atomic E-state index is 14.1. The third-order valence-electron chi connectivity index (χ3n) is 5.11. The van der Waals surface area contributed by atoms with Gasteiger partial charge in [-0.25, -0.2) is 8.78 Å². The van der Waals surface area contributed by atoms with Gasteiger partial charge in [-0.15, -0.1) is 0 Å². The summed E-state index contributed by atoms with van der Waals surface area (Å²) < 4.78 is 32.6. The molecule has 0 spiro atoms. The number of halogens is 2. The van der Waals surface area contributed by atoms with Gasteiger partial charge in [0, 0.05) is 30.3 Å². The van der Waals surface area contributed by atoms with E-state index in [9.17, 15) is 13.6 Å². The Morgan fingerprint density at radius 2 is 1.78 bits per heavy atom. The molecule has 0 atom stereocenters. The Kier molecular flexibility index (Phi) is 6.06. The maximum atomic E-state index is 14.1. The van der Waals surface area contributed by atoms with Gasteiger partial charge in [-0.1, -0.05) is 0 Å². The monoisotopic (exact) mass is 374 g/mol. The Labute approximate surface area is 157 Å². The predicted octanol–water partition coefficient (Wildman–Crippen LogP) is 3.89. The van der Waals surface area contributed by atoms with Crippen LogP contribution in [0.4, 0.5) is 8.78 Å². The molecule has 1 aliphatic carbocycles. The summed E-state index contributed by atoms with van der Waals surface area (Å²) in [7, 11) is 1.78. The summed E-state index contributed by atoms with van der Waals surface area (Å²) in [5, 5.41) is 0. The zero-order chi connectivity index (χ0) is 19.4. The lowest BCUT2D eigenvalue weighted by molar-refractivity contribution is 0.0689. The summed E-state index contributed by atoms with van der Waals surface area (Å²) in [5.74, 6) is -0.519. The summed E-state index contributed by atoms with van der Waals surface area (Å²) in [6.45, 7) is -0.0411. The normalized spacial score (nSPS) is 19.6. The van der Waals surface area contributed by atoms with Crippen molar-refractivity contribution in [2.75, 3.05) is 7.05 Å². The molecule has 4 nitrogen and oxygen atoms in total. The number of carbonyl (C=O) groups excluding carboxylic acids is 1. The molecule has 1 saturated carbocycles. The van der Waals surface area contributed by atoms with Crippen LogP contribution in [0.5, 0.6) is 5.75 Å². The molecule has 2 aromatic carbocycles. The minimum absolute atomic E-state index is 0.0411. The van der Waals surface area contributed by atoms with E-state index in [1.807, 2.05) is 0 Å². The minimum atomic E-state index is -0.444. The molecule has 0 aliphatic heterocycles. The number of benzene rings is 2. The van der Waals surface area contributed by atoms with Crippen LogP contribution < -0.4 is 10.5 Å². The molecule has 1 aliphatic rings. The van der Waals surface area contributed by atoms with E-state index in [0.717, 1.165) is 25.7 Å². The first kappa shape index (κ1) is 19.3. The first-order chi connectivity index (χ1) is 12.9. The van der Waals surface area contributed by atoms with Crippen molar-refractivity contribution in [1.29, 1.82) is 0 Å². The molecular weight excluding hydrogens is 350 g/mol. The topological polar surface area (TPSA) is 55.6 Å². The fraction of sp³-hybridized carbons (Fsp3) is 0.381. The van der Waals surface area contributed by atoms with E-state index in [4.69, 9.17) is 10.5 Å². The Hall–Kier alpha value is -2.47. The zero-order valence-corrected chi connectivity index (χ0v) is 15.3. The molecule has 0 unspecified atom stereocenters. The lowest BCUT2D eigenvalue weighted by Gasteiger charge is -2.33. The van der Waals surface area contributed by atoms with E-state index in [1.54, 1.807) is 11.9 Å². The van der Waals surface area contributed by atoms with E-state index >= 15 is 0 Å². The fourth-order valence-electron chi connectivity index (χ4n) is 3.37. The van der Waals surface area contributed by atoms with Crippen LogP contribution in [-0.2, 0) is 6.61 Å². The summed E-state index contributed by atoms with van der Waals surface area (Å²) in [5.41, 5.74) is 6.63. The van der Waals surface area contributed by atoms with Crippen molar-refractivity contribution in [3.05, 3.63) is 65.2 Å². The molecule has 1 amide bonds.